The summed E-state index contributed by atoms with van der Waals surface area (Å²) in [6.45, 7) is 27.0. The maximum absolute atomic E-state index is 14.3. The van der Waals surface area contributed by atoms with Gasteiger partial charge in [0.15, 0.2) is 6.73 Å². The summed E-state index contributed by atoms with van der Waals surface area (Å²) >= 11 is 0. The van der Waals surface area contributed by atoms with E-state index in [1.165, 1.54) is 12.8 Å². The van der Waals surface area contributed by atoms with E-state index in [0.717, 1.165) is 96.9 Å². The molecule has 0 radical (unpaired) electrons. The van der Waals surface area contributed by atoms with Gasteiger partial charge < -0.3 is 35.1 Å². The number of hydrogen-bond acceptors (Lipinski definition) is 9. The number of carbonyl (C=O) groups excluding carboxylic acids is 3. The minimum absolute atomic E-state index is 0.0135. The number of fused-ring (bicyclic) bond motifs is 2. The van der Waals surface area contributed by atoms with Gasteiger partial charge in [-0.1, -0.05) is 83.9 Å². The number of H-pyrrole nitrogens is 1. The van der Waals surface area contributed by atoms with Crippen LogP contribution in [0.1, 0.15) is 109 Å². The van der Waals surface area contributed by atoms with E-state index in [-0.39, 0.29) is 30.1 Å². The Morgan fingerprint density at radius 3 is 2.13 bits per heavy atom. The molecule has 3 aliphatic rings. The number of amides is 3. The van der Waals surface area contributed by atoms with Crippen LogP contribution in [-0.2, 0) is 27.5 Å². The zero-order chi connectivity index (χ0) is 49.1. The van der Waals surface area contributed by atoms with Gasteiger partial charge in [0.1, 0.15) is 6.04 Å². The molecule has 67 heavy (non-hydrogen) atoms. The number of benzene rings is 2. The number of likely N-dealkylation sites (tertiary alicyclic amines) is 2. The van der Waals surface area contributed by atoms with Gasteiger partial charge in [0.2, 0.25) is 5.91 Å². The second-order valence-electron chi connectivity index (χ2n) is 17.4. The second-order valence-corrected chi connectivity index (χ2v) is 17.4. The lowest BCUT2D eigenvalue weighted by molar-refractivity contribution is -0.135. The highest BCUT2D eigenvalue weighted by molar-refractivity contribution is 5.88. The molecule has 3 saturated heterocycles. The summed E-state index contributed by atoms with van der Waals surface area (Å²) in [5.74, 6) is -0.0231. The lowest BCUT2D eigenvalue weighted by Gasteiger charge is -2.43. The molecule has 5 heterocycles. The van der Waals surface area contributed by atoms with Crippen molar-refractivity contribution in [2.24, 2.45) is 0 Å². The first-order valence-electron chi connectivity index (χ1n) is 24.8. The Kier molecular flexibility index (Phi) is 25.8. The van der Waals surface area contributed by atoms with E-state index in [4.69, 9.17) is 4.74 Å². The molecule has 0 bridgehead atoms. The SMILES string of the molecule is C=CCCC.C=CCCNC.CC.CCC.Cc1cc(CC(NC(=O)N2CCC(c3cc4ccccc4[nH]c3=O)CC2)C(=O)N2CCN(C3CCN(C)CC3)CC2)cc2cn(COC=O)nc12. The van der Waals surface area contributed by atoms with Gasteiger partial charge in [0, 0.05) is 74.4 Å². The van der Waals surface area contributed by atoms with Crippen LogP contribution in [0, 0.1) is 6.92 Å². The van der Waals surface area contributed by atoms with Gasteiger partial charge in [-0.05, 0) is 120 Å². The predicted octanol–water partition coefficient (Wildman–Crippen LogP) is 8.25. The normalized spacial score (nSPS) is 16.1. The van der Waals surface area contributed by atoms with Crippen molar-refractivity contribution in [2.75, 3.05) is 73.0 Å². The van der Waals surface area contributed by atoms with E-state index in [2.05, 4.69) is 71.5 Å². The van der Waals surface area contributed by atoms with Crippen molar-refractivity contribution < 1.29 is 19.1 Å². The van der Waals surface area contributed by atoms with Crippen molar-refractivity contribution in [2.45, 2.75) is 124 Å². The molecule has 3 fully saturated rings. The molecule has 2 aromatic carbocycles. The van der Waals surface area contributed by atoms with E-state index in [0.29, 0.717) is 58.0 Å². The number of pyridine rings is 1. The summed E-state index contributed by atoms with van der Waals surface area (Å²) in [5, 5.41) is 12.5. The molecule has 3 N–H and O–H groups in total. The number of nitrogens with one attached hydrogen (secondary N) is 3. The number of piperazine rings is 1. The molecule has 14 nitrogen and oxygen atoms in total. The van der Waals surface area contributed by atoms with Crippen molar-refractivity contribution in [3.05, 3.63) is 101 Å². The molecule has 0 aliphatic carbocycles. The number of unbranched alkanes of at least 4 members (excludes halogenated alkanes) is 1. The van der Waals surface area contributed by atoms with Gasteiger partial charge in [-0.25, -0.2) is 9.48 Å². The Morgan fingerprint density at radius 2 is 1.55 bits per heavy atom. The fourth-order valence-corrected chi connectivity index (χ4v) is 8.60. The molecule has 0 saturated carbocycles. The topological polar surface area (TPSA) is 148 Å². The van der Waals surface area contributed by atoms with Crippen molar-refractivity contribution in [1.82, 2.24) is 45.0 Å². The van der Waals surface area contributed by atoms with Gasteiger partial charge in [0.25, 0.3) is 12.0 Å². The first-order valence-corrected chi connectivity index (χ1v) is 24.8. The average Bonchev–Trinajstić information content (AvgIpc) is 3.77. The third-order valence-electron chi connectivity index (χ3n) is 12.1. The number of carbonyl (C=O) groups is 3. The van der Waals surface area contributed by atoms with E-state index >= 15 is 0 Å². The number of ether oxygens (including phenoxy) is 1. The Morgan fingerprint density at radius 1 is 0.896 bits per heavy atom. The Labute approximate surface area is 401 Å². The first kappa shape index (κ1) is 56.0. The van der Waals surface area contributed by atoms with Crippen LogP contribution in [0.4, 0.5) is 4.79 Å². The third kappa shape index (κ3) is 17.7. The quantitative estimate of drug-likeness (QED) is 0.0646. The van der Waals surface area contributed by atoms with Crippen molar-refractivity contribution in [3.63, 3.8) is 0 Å². The van der Waals surface area contributed by atoms with Crippen LogP contribution in [0.15, 0.2) is 78.8 Å². The molecule has 1 unspecified atom stereocenters. The summed E-state index contributed by atoms with van der Waals surface area (Å²) in [7, 11) is 4.10. The van der Waals surface area contributed by atoms with Gasteiger partial charge in [-0.3, -0.25) is 19.3 Å². The van der Waals surface area contributed by atoms with E-state index < -0.39 is 6.04 Å². The zero-order valence-electron chi connectivity index (χ0n) is 42.2. The van der Waals surface area contributed by atoms with Crippen molar-refractivity contribution in [3.8, 4) is 0 Å². The highest BCUT2D eigenvalue weighted by Gasteiger charge is 2.34. The third-order valence-corrected chi connectivity index (χ3v) is 12.1. The molecule has 7 rings (SSSR count). The largest absolute Gasteiger partial charge is 0.445 e. The smallest absolute Gasteiger partial charge is 0.318 e. The molecule has 3 aliphatic heterocycles. The van der Waals surface area contributed by atoms with Crippen molar-refractivity contribution >= 4 is 40.2 Å². The summed E-state index contributed by atoms with van der Waals surface area (Å²) in [4.78, 5) is 63.4. The summed E-state index contributed by atoms with van der Waals surface area (Å²) < 4.78 is 6.45. The molecule has 0 spiro atoms. The maximum atomic E-state index is 14.3. The molecular formula is C53H83N9O5. The van der Waals surface area contributed by atoms with Gasteiger partial charge in [-0.2, -0.15) is 5.10 Å². The highest BCUT2D eigenvalue weighted by atomic mass is 16.5. The Balaban J connectivity index is 0.000000648. The summed E-state index contributed by atoms with van der Waals surface area (Å²) in [5.41, 5.74) is 4.13. The maximum Gasteiger partial charge on any atom is 0.318 e. The lowest BCUT2D eigenvalue weighted by Crippen LogP contribution is -2.59. The van der Waals surface area contributed by atoms with E-state index in [1.807, 2.05) is 93.5 Å². The van der Waals surface area contributed by atoms with Crippen LogP contribution in [-0.4, -0.2) is 138 Å². The molecule has 14 heteroatoms. The molecule has 370 valence electrons. The van der Waals surface area contributed by atoms with Gasteiger partial charge in [-0.15, -0.1) is 13.2 Å². The monoisotopic (exact) mass is 926 g/mol. The number of hydrogen-bond donors (Lipinski definition) is 3. The molecule has 3 amide bonds. The molecular weight excluding hydrogens is 843 g/mol. The Bertz CT molecular complexity index is 2150. The average molecular weight is 926 g/mol. The fraction of sp³-hybridized carbons (Fsp3) is 0.566. The van der Waals surface area contributed by atoms with Crippen LogP contribution in [0.2, 0.25) is 0 Å². The molecule has 2 aromatic heterocycles. The minimum Gasteiger partial charge on any atom is -0.445 e. The Hall–Kier alpha value is -5.31. The van der Waals surface area contributed by atoms with Crippen molar-refractivity contribution in [1.29, 1.82) is 0 Å². The number of nitrogens with zero attached hydrogens (tertiary/aromatic N) is 6. The van der Waals surface area contributed by atoms with Crippen LogP contribution < -0.4 is 16.2 Å². The second kappa shape index (κ2) is 30.9. The highest BCUT2D eigenvalue weighted by Crippen LogP contribution is 2.28. The number of rotatable bonds is 14. The van der Waals surface area contributed by atoms with E-state index in [1.54, 1.807) is 9.58 Å². The van der Waals surface area contributed by atoms with E-state index in [9.17, 15) is 19.2 Å². The van der Waals surface area contributed by atoms with Crippen LogP contribution in [0.25, 0.3) is 21.8 Å². The standard InChI is InChI=1S/C38H48N8O5.C5H11N.C5H10.C3H8.C2H6/c1-26-19-27(20-30-23-46(24-51-25-47)41-35(26)30)21-34(37(49)44-17-15-43(16-18-44)31-9-11-42(2)12-10-31)40-38(50)45-13-7-28(8-14-45)32-22-29-5-3-4-6-33(29)39-36(32)48;1-3-4-5-6-2;1-3-5-4-2;1-3-2;1-2/h3-6,19-20,22-23,25,28,31,34H,7-18,21,24H2,1-2H3,(H,39,48)(H,40,50);3,6H,1,4-5H2,2H3;3H,1,4-5H2,2H3;3H2,1-2H3;1-2H3. The minimum atomic E-state index is -0.751. The number of piperidine rings is 2. The lowest BCUT2D eigenvalue weighted by atomic mass is 9.89. The number of allylic oxidation sites excluding steroid dienone is 1. The predicted molar refractivity (Wildman–Crippen MR) is 276 cm³/mol. The van der Waals surface area contributed by atoms with Gasteiger partial charge >= 0.3 is 6.03 Å². The van der Waals surface area contributed by atoms with Crippen LogP contribution in [0.5, 0.6) is 0 Å². The number of aryl methyl sites for hydroxylation is 1. The number of aromatic amines is 1. The summed E-state index contributed by atoms with van der Waals surface area (Å²) in [6.07, 6.45) is 14.3. The first-order chi connectivity index (χ1) is 32.5. The van der Waals surface area contributed by atoms with Crippen LogP contribution >= 0.6 is 0 Å². The zero-order valence-corrected chi connectivity index (χ0v) is 42.2. The summed E-state index contributed by atoms with van der Waals surface area (Å²) in [6, 6.07) is 13.3. The molecule has 4 aromatic rings. The van der Waals surface area contributed by atoms with Gasteiger partial charge in [0.05, 0.1) is 5.52 Å². The fourth-order valence-electron chi connectivity index (χ4n) is 8.60. The number of para-hydroxylation sites is 1. The molecule has 1 atom stereocenters. The number of aromatic nitrogens is 3. The van der Waals surface area contributed by atoms with Crippen LogP contribution in [0.3, 0.4) is 0 Å². The number of urea groups is 1.